The Hall–Kier alpha value is -0.480. The maximum absolute atomic E-state index is 13.6. The molecule has 0 saturated heterocycles. The van der Waals surface area contributed by atoms with E-state index in [0.717, 1.165) is 19.3 Å². The Balaban J connectivity index is 1.73. The fourth-order valence-electron chi connectivity index (χ4n) is 4.80. The third-order valence-electron chi connectivity index (χ3n) is 5.10. The highest BCUT2D eigenvalue weighted by Crippen LogP contribution is 2.60. The van der Waals surface area contributed by atoms with Crippen LogP contribution in [0.5, 0.6) is 0 Å². The fraction of sp³-hybridized carbons (Fsp3) is 0.923. The van der Waals surface area contributed by atoms with Crippen molar-refractivity contribution in [2.75, 3.05) is 7.11 Å². The number of rotatable bonds is 6. The molecule has 4 bridgehead atoms. The number of carbonyl (C=O) groups is 1. The first-order valence-corrected chi connectivity index (χ1v) is 7.87. The molecule has 0 aromatic rings. The van der Waals surface area contributed by atoms with Gasteiger partial charge in [-0.05, 0) is 43.9 Å². The van der Waals surface area contributed by atoms with E-state index in [1.165, 1.54) is 0 Å². The van der Waals surface area contributed by atoms with E-state index in [9.17, 15) is 18.8 Å². The molecule has 4 fully saturated rings. The minimum absolute atomic E-state index is 0.330. The molecule has 0 aromatic heterocycles. The summed E-state index contributed by atoms with van der Waals surface area (Å²) in [4.78, 5) is 11.8. The first-order valence-electron chi connectivity index (χ1n) is 7.13. The van der Waals surface area contributed by atoms with Crippen LogP contribution in [-0.2, 0) is 23.6 Å². The molecule has 0 aliphatic heterocycles. The van der Waals surface area contributed by atoms with Crippen LogP contribution in [0.1, 0.15) is 38.5 Å². The second kappa shape index (κ2) is 5.55. The number of esters is 1. The van der Waals surface area contributed by atoms with Gasteiger partial charge in [0.1, 0.15) is 17.6 Å². The fourth-order valence-corrected chi connectivity index (χ4v) is 5.02. The molecule has 0 spiro atoms. The summed E-state index contributed by atoms with van der Waals surface area (Å²) in [6.07, 6.45) is 4.41. The largest absolute Gasteiger partial charge is 0.691 e. The topological polar surface area (TPSA) is 77.1 Å². The molecule has 22 heavy (non-hydrogen) atoms. The minimum Gasteiger partial charge on any atom is -0.691 e. The quantitative estimate of drug-likeness (QED) is 0.316. The Kier molecular flexibility index (Phi) is 4.14. The van der Waals surface area contributed by atoms with E-state index in [1.807, 2.05) is 0 Å². The van der Waals surface area contributed by atoms with E-state index in [1.54, 1.807) is 7.11 Å². The summed E-state index contributed by atoms with van der Waals surface area (Å²) in [6, 6.07) is 0. The third kappa shape index (κ3) is 2.84. The molecule has 0 radical (unpaired) electrons. The van der Waals surface area contributed by atoms with E-state index in [4.69, 9.17) is 9.47 Å². The van der Waals surface area contributed by atoms with Crippen LogP contribution in [0, 0.1) is 11.8 Å². The standard InChI is InChI=1S/C13H18F2O6S/c1-18-11-3-8-2-9(4-11)6-12(5-8,7-11)19-10(16)13(14,15)22-21-20-17/h8-9,17H,2-7H2,1H3/p-1. The zero-order chi connectivity index (χ0) is 16.0. The zero-order valence-corrected chi connectivity index (χ0v) is 12.8. The van der Waals surface area contributed by atoms with Crippen molar-refractivity contribution >= 4 is 18.0 Å². The Morgan fingerprint density at radius 2 is 1.82 bits per heavy atom. The highest BCUT2D eigenvalue weighted by Gasteiger charge is 2.61. The Morgan fingerprint density at radius 1 is 1.23 bits per heavy atom. The molecule has 126 valence electrons. The van der Waals surface area contributed by atoms with Crippen molar-refractivity contribution in [1.29, 1.82) is 0 Å². The molecule has 6 nitrogen and oxygen atoms in total. The van der Waals surface area contributed by atoms with Gasteiger partial charge in [0.25, 0.3) is 0 Å². The summed E-state index contributed by atoms with van der Waals surface area (Å²) < 4.78 is 41.6. The monoisotopic (exact) mass is 339 g/mol. The van der Waals surface area contributed by atoms with Gasteiger partial charge >= 0.3 is 11.2 Å². The van der Waals surface area contributed by atoms with Gasteiger partial charge in [0, 0.05) is 13.5 Å². The number of methoxy groups -OCH3 is 1. The minimum atomic E-state index is -3.99. The summed E-state index contributed by atoms with van der Waals surface area (Å²) in [5, 5.41) is 8.51. The maximum atomic E-state index is 13.6. The van der Waals surface area contributed by atoms with E-state index < -0.39 is 28.9 Å². The first kappa shape index (κ1) is 16.4. The summed E-state index contributed by atoms with van der Waals surface area (Å²) in [5.74, 6) is -1.05. The molecule has 0 heterocycles. The molecular weight excluding hydrogens is 322 g/mol. The lowest BCUT2D eigenvalue weighted by Gasteiger charge is -2.60. The lowest BCUT2D eigenvalue weighted by molar-refractivity contribution is -0.777. The van der Waals surface area contributed by atoms with Crippen LogP contribution >= 0.6 is 12.0 Å². The van der Waals surface area contributed by atoms with Crippen molar-refractivity contribution in [3.63, 3.8) is 0 Å². The maximum Gasteiger partial charge on any atom is 0.415 e. The van der Waals surface area contributed by atoms with E-state index >= 15 is 0 Å². The van der Waals surface area contributed by atoms with Gasteiger partial charge in [0.05, 0.1) is 5.60 Å². The normalized spacial score (nSPS) is 40.0. The van der Waals surface area contributed by atoms with Crippen molar-refractivity contribution in [3.05, 3.63) is 0 Å². The molecule has 4 aliphatic carbocycles. The van der Waals surface area contributed by atoms with Gasteiger partial charge in [-0.3, -0.25) is 5.04 Å². The van der Waals surface area contributed by atoms with Crippen molar-refractivity contribution in [1.82, 2.24) is 0 Å². The molecule has 4 saturated carbocycles. The third-order valence-corrected chi connectivity index (χ3v) is 5.60. The van der Waals surface area contributed by atoms with Crippen LogP contribution in [0.2, 0.25) is 0 Å². The highest BCUT2D eigenvalue weighted by molar-refractivity contribution is 7.96. The van der Waals surface area contributed by atoms with E-state index in [2.05, 4.69) is 9.37 Å². The first-order chi connectivity index (χ1) is 10.3. The van der Waals surface area contributed by atoms with Crippen molar-refractivity contribution in [2.45, 2.75) is 55.0 Å². The average Bonchev–Trinajstić information content (AvgIpc) is 2.43. The zero-order valence-electron chi connectivity index (χ0n) is 12.0. The molecule has 9 heteroatoms. The Morgan fingerprint density at radius 3 is 2.36 bits per heavy atom. The van der Waals surface area contributed by atoms with Crippen molar-refractivity contribution < 1.29 is 37.7 Å². The number of halogens is 2. The summed E-state index contributed by atoms with van der Waals surface area (Å²) >= 11 is -0.654. The van der Waals surface area contributed by atoms with Gasteiger partial charge in [-0.2, -0.15) is 13.1 Å². The van der Waals surface area contributed by atoms with Gasteiger partial charge in [-0.25, -0.2) is 4.79 Å². The Bertz CT molecular complexity index is 446. The second-order valence-electron chi connectivity index (χ2n) is 6.66. The smallest absolute Gasteiger partial charge is 0.415 e. The number of hydrogen-bond acceptors (Lipinski definition) is 7. The lowest BCUT2D eigenvalue weighted by Crippen LogP contribution is -2.61. The molecule has 0 amide bonds. The van der Waals surface area contributed by atoms with Crippen LogP contribution in [0.15, 0.2) is 0 Å². The van der Waals surface area contributed by atoms with Crippen LogP contribution in [0.4, 0.5) is 8.78 Å². The van der Waals surface area contributed by atoms with Crippen molar-refractivity contribution in [3.8, 4) is 0 Å². The summed E-state index contributed by atoms with van der Waals surface area (Å²) in [5.41, 5.74) is -1.28. The van der Waals surface area contributed by atoms with Gasteiger partial charge in [-0.15, -0.1) is 0 Å². The summed E-state index contributed by atoms with van der Waals surface area (Å²) in [7, 11) is 1.62. The van der Waals surface area contributed by atoms with Gasteiger partial charge < -0.3 is 14.7 Å². The highest BCUT2D eigenvalue weighted by atomic mass is 32.2. The molecule has 0 aromatic carbocycles. The number of hydrogen-bond donors (Lipinski definition) is 0. The van der Waals surface area contributed by atoms with Crippen molar-refractivity contribution in [2.24, 2.45) is 11.8 Å². The predicted molar refractivity (Wildman–Crippen MR) is 68.0 cm³/mol. The van der Waals surface area contributed by atoms with Crippen LogP contribution in [-0.4, -0.2) is 29.5 Å². The average molecular weight is 339 g/mol. The van der Waals surface area contributed by atoms with Crippen LogP contribution in [0.25, 0.3) is 0 Å². The van der Waals surface area contributed by atoms with Gasteiger partial charge in [-0.1, -0.05) is 0 Å². The molecule has 2 unspecified atom stereocenters. The number of alkyl halides is 2. The van der Waals surface area contributed by atoms with Gasteiger partial charge in [0.2, 0.25) is 0 Å². The van der Waals surface area contributed by atoms with Crippen LogP contribution < -0.4 is 5.26 Å². The molecule has 0 N–H and O–H groups in total. The second-order valence-corrected chi connectivity index (χ2v) is 7.47. The number of carbonyl (C=O) groups excluding carboxylic acids is 1. The number of ether oxygens (including phenoxy) is 2. The molecule has 4 aliphatic rings. The molecular formula is C13H17F2O6S-. The van der Waals surface area contributed by atoms with Gasteiger partial charge in [0.15, 0.2) is 0 Å². The molecule has 4 rings (SSSR count). The lowest BCUT2D eigenvalue weighted by atomic mass is 9.52. The SMILES string of the molecule is COC12CC3CC(C1)CC(OC(=O)C(F)(F)SOO[O-])(C3)C2. The van der Waals surface area contributed by atoms with E-state index in [0.29, 0.717) is 31.1 Å². The van der Waals surface area contributed by atoms with Crippen LogP contribution in [0.3, 0.4) is 0 Å². The Labute approximate surface area is 130 Å². The van der Waals surface area contributed by atoms with E-state index in [-0.39, 0.29) is 5.60 Å². The summed E-state index contributed by atoms with van der Waals surface area (Å²) in [6.45, 7) is 0. The molecule has 2 atom stereocenters. The predicted octanol–water partition coefficient (Wildman–Crippen LogP) is 1.73.